The molecule has 0 unspecified atom stereocenters. The highest BCUT2D eigenvalue weighted by Gasteiger charge is 2.30. The molecule has 0 radical (unpaired) electrons. The Morgan fingerprint density at radius 1 is 1.12 bits per heavy atom. The number of ether oxygens (including phenoxy) is 2. The second kappa shape index (κ2) is 10.4. The van der Waals surface area contributed by atoms with E-state index in [4.69, 9.17) is 9.47 Å². The molecule has 1 aliphatic rings. The number of hydrogen-bond acceptors (Lipinski definition) is 8. The first-order valence-electron chi connectivity index (χ1n) is 10.2. The molecule has 1 N–H and O–H groups in total. The number of nitrogens with zero attached hydrogens (tertiary/aromatic N) is 2. The monoisotopic (exact) mass is 477 g/mol. The van der Waals surface area contributed by atoms with Crippen LogP contribution in [-0.4, -0.2) is 55.8 Å². The zero-order chi connectivity index (χ0) is 24.0. The lowest BCUT2D eigenvalue weighted by Crippen LogP contribution is -2.28. The van der Waals surface area contributed by atoms with Gasteiger partial charge in [-0.3, -0.25) is 14.9 Å². The molecule has 1 amide bonds. The molecule has 0 saturated carbocycles. The Morgan fingerprint density at radius 3 is 2.39 bits per heavy atom. The van der Waals surface area contributed by atoms with Crippen molar-refractivity contribution < 1.29 is 32.4 Å². The van der Waals surface area contributed by atoms with Crippen LogP contribution < -0.4 is 10.1 Å². The molecule has 1 aliphatic heterocycles. The van der Waals surface area contributed by atoms with Gasteiger partial charge in [-0.15, -0.1) is 0 Å². The normalized spacial score (nSPS) is 14.0. The summed E-state index contributed by atoms with van der Waals surface area (Å²) < 4.78 is 36.8. The number of esters is 1. The number of carbonyl (C=O) groups is 2. The molecule has 2 aromatic rings. The average Bonchev–Trinajstić information content (AvgIpc) is 3.34. The van der Waals surface area contributed by atoms with Crippen molar-refractivity contribution >= 4 is 33.3 Å². The molecule has 0 atom stereocenters. The summed E-state index contributed by atoms with van der Waals surface area (Å²) in [6.45, 7) is 2.13. The molecule has 0 bridgehead atoms. The van der Waals surface area contributed by atoms with Crippen LogP contribution in [0, 0.1) is 10.1 Å². The van der Waals surface area contributed by atoms with Gasteiger partial charge in [0.15, 0.2) is 12.4 Å². The van der Waals surface area contributed by atoms with Gasteiger partial charge in [0.25, 0.3) is 5.91 Å². The van der Waals surface area contributed by atoms with Gasteiger partial charge in [0.1, 0.15) is 0 Å². The van der Waals surface area contributed by atoms with E-state index in [1.807, 2.05) is 0 Å². The average molecular weight is 477 g/mol. The zero-order valence-corrected chi connectivity index (χ0v) is 18.7. The number of carbonyl (C=O) groups excluding carboxylic acids is 2. The number of sulfonamides is 1. The van der Waals surface area contributed by atoms with Crippen LogP contribution in [0.25, 0.3) is 0 Å². The molecule has 11 nitrogen and oxygen atoms in total. The predicted molar refractivity (Wildman–Crippen MR) is 118 cm³/mol. The quantitative estimate of drug-likeness (QED) is 0.329. The van der Waals surface area contributed by atoms with Crippen LogP contribution >= 0.6 is 0 Å². The van der Waals surface area contributed by atoms with Crippen molar-refractivity contribution in [2.24, 2.45) is 0 Å². The molecule has 3 rings (SSSR count). The Kier molecular flexibility index (Phi) is 7.61. The summed E-state index contributed by atoms with van der Waals surface area (Å²) in [5.74, 6) is -1.31. The number of amides is 1. The second-order valence-electron chi connectivity index (χ2n) is 7.13. The number of rotatable bonds is 9. The highest BCUT2D eigenvalue weighted by Crippen LogP contribution is 2.31. The van der Waals surface area contributed by atoms with E-state index in [9.17, 15) is 28.1 Å². The third kappa shape index (κ3) is 5.84. The maximum Gasteiger partial charge on any atom is 0.338 e. The van der Waals surface area contributed by atoms with Gasteiger partial charge in [-0.2, -0.15) is 4.31 Å². The number of anilines is 1. The molecule has 176 valence electrons. The van der Waals surface area contributed by atoms with Crippen molar-refractivity contribution in [3.8, 4) is 5.75 Å². The van der Waals surface area contributed by atoms with Gasteiger partial charge in [-0.1, -0.05) is 0 Å². The minimum atomic E-state index is -3.84. The Labute approximate surface area is 190 Å². The van der Waals surface area contributed by atoms with Gasteiger partial charge in [-0.25, -0.2) is 13.2 Å². The van der Waals surface area contributed by atoms with E-state index < -0.39 is 39.1 Å². The predicted octanol–water partition coefficient (Wildman–Crippen LogP) is 2.57. The fraction of sp³-hybridized carbons (Fsp3) is 0.333. The third-order valence-electron chi connectivity index (χ3n) is 4.87. The molecular weight excluding hydrogens is 454 g/mol. The summed E-state index contributed by atoms with van der Waals surface area (Å²) in [5, 5.41) is 14.0. The molecule has 1 saturated heterocycles. The van der Waals surface area contributed by atoms with Crippen molar-refractivity contribution in [3.63, 3.8) is 0 Å². The van der Waals surface area contributed by atoms with Crippen LogP contribution in [0.1, 0.15) is 30.1 Å². The van der Waals surface area contributed by atoms with Crippen LogP contribution in [0.5, 0.6) is 5.75 Å². The molecule has 1 fully saturated rings. The maximum absolute atomic E-state index is 12.7. The SMILES string of the molecule is CCOC(=O)c1ccc(NC(=O)COc2ccc(S(=O)(=O)N3CCCC3)cc2[N+](=O)[O-])cc1. The largest absolute Gasteiger partial charge is 0.477 e. The standard InChI is InChI=1S/C21H23N3O8S/c1-2-31-21(26)15-5-7-16(8-6-15)22-20(25)14-32-19-10-9-17(13-18(19)24(27)28)33(29,30)23-11-3-4-12-23/h5-10,13H,2-4,11-12,14H2,1H3,(H,22,25). The van der Waals surface area contributed by atoms with Crippen LogP contribution in [0.2, 0.25) is 0 Å². The van der Waals surface area contributed by atoms with E-state index in [2.05, 4.69) is 5.32 Å². The van der Waals surface area contributed by atoms with E-state index in [0.717, 1.165) is 18.9 Å². The molecule has 2 aromatic carbocycles. The minimum absolute atomic E-state index is 0.199. The van der Waals surface area contributed by atoms with E-state index >= 15 is 0 Å². The Hall–Kier alpha value is -3.51. The summed E-state index contributed by atoms with van der Waals surface area (Å²) in [6, 6.07) is 9.31. The van der Waals surface area contributed by atoms with Crippen molar-refractivity contribution in [1.82, 2.24) is 4.31 Å². The summed E-state index contributed by atoms with van der Waals surface area (Å²) in [7, 11) is -3.84. The number of benzene rings is 2. The number of nitro benzene ring substituents is 1. The highest BCUT2D eigenvalue weighted by atomic mass is 32.2. The summed E-state index contributed by atoms with van der Waals surface area (Å²) >= 11 is 0. The van der Waals surface area contributed by atoms with E-state index in [1.165, 1.54) is 40.7 Å². The lowest BCUT2D eigenvalue weighted by atomic mass is 10.2. The molecule has 12 heteroatoms. The van der Waals surface area contributed by atoms with Crippen LogP contribution in [-0.2, 0) is 19.6 Å². The minimum Gasteiger partial charge on any atom is -0.477 e. The van der Waals surface area contributed by atoms with Gasteiger partial charge in [0, 0.05) is 24.8 Å². The van der Waals surface area contributed by atoms with Gasteiger partial charge in [-0.05, 0) is 56.2 Å². The smallest absolute Gasteiger partial charge is 0.338 e. The first-order valence-corrected chi connectivity index (χ1v) is 11.6. The van der Waals surface area contributed by atoms with E-state index in [-0.39, 0.29) is 17.3 Å². The maximum atomic E-state index is 12.7. The van der Waals surface area contributed by atoms with Gasteiger partial charge in [0.05, 0.1) is 22.0 Å². The molecular formula is C21H23N3O8S. The summed E-state index contributed by atoms with van der Waals surface area (Å²) in [6.07, 6.45) is 1.48. The van der Waals surface area contributed by atoms with E-state index in [0.29, 0.717) is 24.3 Å². The third-order valence-corrected chi connectivity index (χ3v) is 6.76. The lowest BCUT2D eigenvalue weighted by molar-refractivity contribution is -0.386. The Bertz CT molecular complexity index is 1140. The highest BCUT2D eigenvalue weighted by molar-refractivity contribution is 7.89. The zero-order valence-electron chi connectivity index (χ0n) is 17.9. The van der Waals surface area contributed by atoms with Gasteiger partial charge in [0.2, 0.25) is 10.0 Å². The van der Waals surface area contributed by atoms with Crippen LogP contribution in [0.15, 0.2) is 47.4 Å². The van der Waals surface area contributed by atoms with Crippen molar-refractivity contribution in [3.05, 3.63) is 58.1 Å². The second-order valence-corrected chi connectivity index (χ2v) is 9.07. The number of nitro groups is 1. The number of nitrogens with one attached hydrogen (secondary N) is 1. The van der Waals surface area contributed by atoms with Gasteiger partial charge >= 0.3 is 11.7 Å². The molecule has 1 heterocycles. The molecule has 0 aliphatic carbocycles. The van der Waals surface area contributed by atoms with Crippen molar-refractivity contribution in [2.75, 3.05) is 31.6 Å². The first kappa shape index (κ1) is 24.1. The Balaban J connectivity index is 1.66. The van der Waals surface area contributed by atoms with E-state index in [1.54, 1.807) is 6.92 Å². The lowest BCUT2D eigenvalue weighted by Gasteiger charge is -2.16. The van der Waals surface area contributed by atoms with Gasteiger partial charge < -0.3 is 14.8 Å². The molecule has 33 heavy (non-hydrogen) atoms. The Morgan fingerprint density at radius 2 is 1.79 bits per heavy atom. The fourth-order valence-electron chi connectivity index (χ4n) is 3.24. The van der Waals surface area contributed by atoms with Crippen molar-refractivity contribution in [2.45, 2.75) is 24.7 Å². The summed E-state index contributed by atoms with van der Waals surface area (Å²) in [5.41, 5.74) is 0.158. The fourth-order valence-corrected chi connectivity index (χ4v) is 4.78. The van der Waals surface area contributed by atoms with Crippen LogP contribution in [0.4, 0.5) is 11.4 Å². The number of hydrogen-bond donors (Lipinski definition) is 1. The van der Waals surface area contributed by atoms with Crippen molar-refractivity contribution in [1.29, 1.82) is 0 Å². The summed E-state index contributed by atoms with van der Waals surface area (Å²) in [4.78, 5) is 34.4. The topological polar surface area (TPSA) is 145 Å². The van der Waals surface area contributed by atoms with Crippen LogP contribution in [0.3, 0.4) is 0 Å². The first-order chi connectivity index (χ1) is 15.7. The molecule has 0 aromatic heterocycles. The molecule has 0 spiro atoms.